The van der Waals surface area contributed by atoms with Crippen molar-refractivity contribution in [1.82, 2.24) is 19.8 Å². The Morgan fingerprint density at radius 2 is 2.35 bits per heavy atom. The number of likely N-dealkylation sites (tertiary alicyclic amines) is 1. The monoisotopic (exact) mass is 318 g/mol. The molecule has 124 valence electrons. The number of hydrogen-bond donors (Lipinski definition) is 1. The molecule has 23 heavy (non-hydrogen) atoms. The van der Waals surface area contributed by atoms with E-state index < -0.39 is 6.10 Å². The van der Waals surface area contributed by atoms with Gasteiger partial charge in [0.15, 0.2) is 0 Å². The smallest absolute Gasteiger partial charge is 0.222 e. The van der Waals surface area contributed by atoms with E-state index in [1.807, 2.05) is 29.9 Å². The number of carbonyl (C=O) groups excluding carboxylic acids is 1. The van der Waals surface area contributed by atoms with Crippen LogP contribution >= 0.6 is 0 Å². The van der Waals surface area contributed by atoms with Crippen molar-refractivity contribution in [3.8, 4) is 0 Å². The summed E-state index contributed by atoms with van der Waals surface area (Å²) in [6.07, 6.45) is 4.95. The second kappa shape index (κ2) is 6.95. The molecular weight excluding hydrogens is 296 g/mol. The van der Waals surface area contributed by atoms with Gasteiger partial charge in [-0.1, -0.05) is 5.16 Å². The van der Waals surface area contributed by atoms with Crippen molar-refractivity contribution in [2.24, 2.45) is 5.92 Å². The lowest BCUT2D eigenvalue weighted by molar-refractivity contribution is -0.130. The Morgan fingerprint density at radius 1 is 1.48 bits per heavy atom. The van der Waals surface area contributed by atoms with Crippen LogP contribution in [0.2, 0.25) is 0 Å². The lowest BCUT2D eigenvalue weighted by Gasteiger charge is -2.15. The molecule has 1 fully saturated rings. The maximum atomic E-state index is 12.3. The number of aromatic nitrogens is 3. The average molecular weight is 318 g/mol. The van der Waals surface area contributed by atoms with Gasteiger partial charge in [0.2, 0.25) is 5.91 Å². The number of nitrogens with zero attached hydrogens (tertiary/aromatic N) is 4. The molecule has 3 rings (SSSR count). The molecular formula is C16H22N4O3. The zero-order chi connectivity index (χ0) is 16.2. The molecule has 0 aliphatic carbocycles. The molecule has 2 aromatic heterocycles. The predicted molar refractivity (Wildman–Crippen MR) is 82.5 cm³/mol. The van der Waals surface area contributed by atoms with E-state index >= 15 is 0 Å². The van der Waals surface area contributed by atoms with Crippen LogP contribution in [-0.2, 0) is 17.8 Å². The topological polar surface area (TPSA) is 84.4 Å². The maximum Gasteiger partial charge on any atom is 0.222 e. The van der Waals surface area contributed by atoms with E-state index in [-0.39, 0.29) is 11.8 Å². The van der Waals surface area contributed by atoms with Crippen molar-refractivity contribution in [2.75, 3.05) is 13.1 Å². The Bertz CT molecular complexity index is 638. The summed E-state index contributed by atoms with van der Waals surface area (Å²) in [5.74, 6) is 0.865. The molecule has 0 saturated carbocycles. The predicted octanol–water partition coefficient (Wildman–Crippen LogP) is 1.02. The van der Waals surface area contributed by atoms with Gasteiger partial charge in [-0.15, -0.1) is 0 Å². The number of carbonyl (C=O) groups is 1. The van der Waals surface area contributed by atoms with Crippen LogP contribution < -0.4 is 0 Å². The molecule has 1 saturated heterocycles. The highest BCUT2D eigenvalue weighted by molar-refractivity contribution is 5.76. The third-order valence-electron chi connectivity index (χ3n) is 4.24. The lowest BCUT2D eigenvalue weighted by atomic mass is 10.0. The minimum atomic E-state index is -0.504. The number of aryl methyl sites for hydroxylation is 2. The van der Waals surface area contributed by atoms with E-state index in [4.69, 9.17) is 4.52 Å². The van der Waals surface area contributed by atoms with Crippen molar-refractivity contribution < 1.29 is 14.4 Å². The number of amides is 1. The van der Waals surface area contributed by atoms with Gasteiger partial charge in [-0.2, -0.15) is 5.10 Å². The van der Waals surface area contributed by atoms with Crippen molar-refractivity contribution in [1.29, 1.82) is 0 Å². The van der Waals surface area contributed by atoms with Gasteiger partial charge in [0, 0.05) is 56.9 Å². The third-order valence-corrected chi connectivity index (χ3v) is 4.24. The fourth-order valence-electron chi connectivity index (χ4n) is 3.01. The molecule has 1 aliphatic heterocycles. The van der Waals surface area contributed by atoms with Crippen molar-refractivity contribution >= 4 is 5.91 Å². The Kier molecular flexibility index (Phi) is 4.76. The van der Waals surface area contributed by atoms with Gasteiger partial charge in [0.1, 0.15) is 5.76 Å². The molecule has 0 radical (unpaired) electrons. The van der Waals surface area contributed by atoms with Crippen molar-refractivity contribution in [3.05, 3.63) is 36.0 Å². The van der Waals surface area contributed by atoms with Crippen molar-refractivity contribution in [3.63, 3.8) is 0 Å². The molecule has 0 aromatic carbocycles. The van der Waals surface area contributed by atoms with E-state index in [9.17, 15) is 9.90 Å². The van der Waals surface area contributed by atoms with Gasteiger partial charge in [-0.3, -0.25) is 9.48 Å². The maximum absolute atomic E-state index is 12.3. The molecule has 2 aromatic rings. The van der Waals surface area contributed by atoms with Crippen molar-refractivity contribution in [2.45, 2.75) is 38.8 Å². The number of hydrogen-bond acceptors (Lipinski definition) is 5. The highest BCUT2D eigenvalue weighted by Crippen LogP contribution is 2.22. The second-order valence-corrected chi connectivity index (χ2v) is 6.14. The summed E-state index contributed by atoms with van der Waals surface area (Å²) in [4.78, 5) is 14.0. The Labute approximate surface area is 134 Å². The first kappa shape index (κ1) is 15.7. The zero-order valence-electron chi connectivity index (χ0n) is 13.3. The van der Waals surface area contributed by atoms with Crippen LogP contribution in [-0.4, -0.2) is 50.0 Å². The van der Waals surface area contributed by atoms with Crippen LogP contribution in [0.4, 0.5) is 0 Å². The highest BCUT2D eigenvalue weighted by atomic mass is 16.5. The summed E-state index contributed by atoms with van der Waals surface area (Å²) in [5.41, 5.74) is 0.832. The van der Waals surface area contributed by atoms with E-state index in [1.165, 1.54) is 0 Å². The third kappa shape index (κ3) is 3.98. The fourth-order valence-corrected chi connectivity index (χ4v) is 3.01. The van der Waals surface area contributed by atoms with Gasteiger partial charge in [-0.05, 0) is 19.4 Å². The van der Waals surface area contributed by atoms with Gasteiger partial charge < -0.3 is 14.5 Å². The van der Waals surface area contributed by atoms with E-state index in [0.717, 1.165) is 24.4 Å². The standard InChI is InChI=1S/C16H22N4O3/c1-12-8-14(23-18-12)9-13-10-19(11-15(13)21)16(22)4-2-6-20-7-3-5-17-20/h3,5,7-8,13,15,21H,2,4,6,9-11H2,1H3/t13-,15-/m1/s1. The molecule has 7 nitrogen and oxygen atoms in total. The lowest BCUT2D eigenvalue weighted by Crippen LogP contribution is -2.29. The second-order valence-electron chi connectivity index (χ2n) is 6.14. The van der Waals surface area contributed by atoms with Crippen LogP contribution in [0.15, 0.2) is 29.0 Å². The van der Waals surface area contributed by atoms with E-state index in [1.54, 1.807) is 11.1 Å². The molecule has 2 atom stereocenters. The molecule has 7 heteroatoms. The summed E-state index contributed by atoms with van der Waals surface area (Å²) in [6.45, 7) is 3.57. The van der Waals surface area contributed by atoms with Crippen LogP contribution in [0.5, 0.6) is 0 Å². The summed E-state index contributed by atoms with van der Waals surface area (Å²) in [5, 5.41) is 18.2. The highest BCUT2D eigenvalue weighted by Gasteiger charge is 2.34. The molecule has 0 bridgehead atoms. The number of β-amino-alcohol motifs (C(OH)–C–C–N with tert-alkyl or cyclic N) is 1. The summed E-state index contributed by atoms with van der Waals surface area (Å²) in [7, 11) is 0. The Morgan fingerprint density at radius 3 is 3.04 bits per heavy atom. The summed E-state index contributed by atoms with van der Waals surface area (Å²) >= 11 is 0. The summed E-state index contributed by atoms with van der Waals surface area (Å²) in [6, 6.07) is 3.75. The Balaban J connectivity index is 1.46. The van der Waals surface area contributed by atoms with Gasteiger partial charge in [0.25, 0.3) is 0 Å². The summed E-state index contributed by atoms with van der Waals surface area (Å²) < 4.78 is 7.02. The molecule has 1 N–H and O–H groups in total. The number of aliphatic hydroxyl groups excluding tert-OH is 1. The molecule has 3 heterocycles. The van der Waals surface area contributed by atoms with Gasteiger partial charge in [-0.25, -0.2) is 0 Å². The minimum absolute atomic E-state index is 0.0115. The quantitative estimate of drug-likeness (QED) is 0.859. The van der Waals surface area contributed by atoms with Crippen LogP contribution in [0.1, 0.15) is 24.3 Å². The first-order chi connectivity index (χ1) is 11.1. The van der Waals surface area contributed by atoms with Crippen LogP contribution in [0.3, 0.4) is 0 Å². The van der Waals surface area contributed by atoms with Gasteiger partial charge in [0.05, 0.1) is 11.8 Å². The molecule has 0 unspecified atom stereocenters. The average Bonchev–Trinajstić information content (AvgIpc) is 3.23. The minimum Gasteiger partial charge on any atom is -0.391 e. The molecule has 1 amide bonds. The first-order valence-corrected chi connectivity index (χ1v) is 7.97. The first-order valence-electron chi connectivity index (χ1n) is 7.97. The largest absolute Gasteiger partial charge is 0.391 e. The van der Waals surface area contributed by atoms with Crippen LogP contribution in [0, 0.1) is 12.8 Å². The normalized spacial score (nSPS) is 21.0. The fraction of sp³-hybridized carbons (Fsp3) is 0.562. The van der Waals surface area contributed by atoms with Gasteiger partial charge >= 0.3 is 0 Å². The SMILES string of the molecule is Cc1cc(C[C@@H]2CN(C(=O)CCCn3cccn3)C[C@H]2O)on1. The number of aliphatic hydroxyl groups is 1. The van der Waals surface area contributed by atoms with E-state index in [2.05, 4.69) is 10.3 Å². The van der Waals surface area contributed by atoms with E-state index in [0.29, 0.717) is 25.9 Å². The van der Waals surface area contributed by atoms with Crippen LogP contribution in [0.25, 0.3) is 0 Å². The Hall–Kier alpha value is -2.15. The molecule has 0 spiro atoms. The number of rotatable bonds is 6. The molecule has 1 aliphatic rings. The zero-order valence-corrected chi connectivity index (χ0v) is 13.3.